The number of esters is 3. The van der Waals surface area contributed by atoms with Gasteiger partial charge in [-0.15, -0.1) is 0 Å². The molecule has 4 fully saturated rings. The van der Waals surface area contributed by atoms with Crippen molar-refractivity contribution in [1.29, 1.82) is 0 Å². The molecular formula is C27H38O7. The summed E-state index contributed by atoms with van der Waals surface area (Å²) in [6, 6.07) is 0. The van der Waals surface area contributed by atoms with Crippen LogP contribution < -0.4 is 0 Å². The molecule has 4 aliphatic carbocycles. The highest BCUT2D eigenvalue weighted by Gasteiger charge is 2.71. The molecule has 0 amide bonds. The number of hydrogen-bond acceptors (Lipinski definition) is 7. The number of cyclic esters (lactones) is 1. The van der Waals surface area contributed by atoms with Gasteiger partial charge in [-0.05, 0) is 73.7 Å². The first kappa shape index (κ1) is 23.8. The molecule has 0 aromatic rings. The van der Waals surface area contributed by atoms with Crippen molar-refractivity contribution in [3.63, 3.8) is 0 Å². The van der Waals surface area contributed by atoms with E-state index in [9.17, 15) is 19.5 Å². The van der Waals surface area contributed by atoms with Crippen LogP contribution in [-0.4, -0.2) is 47.4 Å². The lowest BCUT2D eigenvalue weighted by molar-refractivity contribution is -0.210. The third kappa shape index (κ3) is 3.44. The number of hydrogen-bond donors (Lipinski definition) is 1. The monoisotopic (exact) mass is 474 g/mol. The molecule has 1 heterocycles. The Morgan fingerprint density at radius 3 is 2.41 bits per heavy atom. The summed E-state index contributed by atoms with van der Waals surface area (Å²) in [5.74, 6) is -0.190. The molecule has 0 spiro atoms. The van der Waals surface area contributed by atoms with Crippen LogP contribution in [0.4, 0.5) is 0 Å². The molecule has 0 unspecified atom stereocenters. The Kier molecular flexibility index (Phi) is 5.66. The molecular weight excluding hydrogens is 436 g/mol. The van der Waals surface area contributed by atoms with Crippen LogP contribution in [0.2, 0.25) is 0 Å². The first-order chi connectivity index (χ1) is 16.0. The molecule has 1 N–H and O–H groups in total. The predicted molar refractivity (Wildman–Crippen MR) is 122 cm³/mol. The summed E-state index contributed by atoms with van der Waals surface area (Å²) in [6.07, 6.45) is 7.98. The van der Waals surface area contributed by atoms with Crippen LogP contribution in [0.1, 0.15) is 79.1 Å². The summed E-state index contributed by atoms with van der Waals surface area (Å²) < 4.78 is 16.6. The van der Waals surface area contributed by atoms with E-state index >= 15 is 0 Å². The van der Waals surface area contributed by atoms with E-state index in [1.54, 1.807) is 6.08 Å². The largest absolute Gasteiger partial charge is 0.463 e. The summed E-state index contributed by atoms with van der Waals surface area (Å²) >= 11 is 0. The lowest BCUT2D eigenvalue weighted by atomic mass is 9.43. The molecule has 5 aliphatic rings. The van der Waals surface area contributed by atoms with Gasteiger partial charge in [0, 0.05) is 37.7 Å². The molecule has 0 bridgehead atoms. The van der Waals surface area contributed by atoms with Crippen LogP contribution in [0, 0.1) is 34.5 Å². The van der Waals surface area contributed by atoms with E-state index < -0.39 is 17.1 Å². The maximum atomic E-state index is 12.5. The number of ether oxygens (including phenoxy) is 3. The molecule has 7 nitrogen and oxygen atoms in total. The number of rotatable bonds is 3. The van der Waals surface area contributed by atoms with Gasteiger partial charge in [0.2, 0.25) is 0 Å². The Labute approximate surface area is 201 Å². The Balaban J connectivity index is 1.46. The maximum Gasteiger partial charge on any atom is 0.331 e. The zero-order valence-electron chi connectivity index (χ0n) is 20.8. The summed E-state index contributed by atoms with van der Waals surface area (Å²) in [5.41, 5.74) is -0.535. The van der Waals surface area contributed by atoms with Gasteiger partial charge in [0.1, 0.15) is 18.8 Å². The van der Waals surface area contributed by atoms with Crippen LogP contribution in [-0.2, 0) is 28.6 Å². The van der Waals surface area contributed by atoms with Crippen molar-refractivity contribution in [1.82, 2.24) is 0 Å². The van der Waals surface area contributed by atoms with Crippen LogP contribution in [0.5, 0.6) is 0 Å². The van der Waals surface area contributed by atoms with E-state index in [2.05, 4.69) is 13.8 Å². The number of carbonyl (C=O) groups is 3. The van der Waals surface area contributed by atoms with Crippen molar-refractivity contribution in [2.24, 2.45) is 34.5 Å². The Hall–Kier alpha value is -1.89. The van der Waals surface area contributed by atoms with Gasteiger partial charge in [0.05, 0.1) is 5.60 Å². The zero-order chi connectivity index (χ0) is 24.5. The fraction of sp³-hybridized carbons (Fsp3) is 0.815. The topological polar surface area (TPSA) is 99.1 Å². The third-order valence-electron chi connectivity index (χ3n) is 10.5. The van der Waals surface area contributed by atoms with Gasteiger partial charge >= 0.3 is 17.9 Å². The third-order valence-corrected chi connectivity index (χ3v) is 10.5. The normalized spacial score (nSPS) is 47.6. The second-order valence-electron chi connectivity index (χ2n) is 12.0. The molecule has 7 heteroatoms. The lowest BCUT2D eigenvalue weighted by Gasteiger charge is -2.63. The van der Waals surface area contributed by atoms with Crippen molar-refractivity contribution < 1.29 is 33.7 Å². The van der Waals surface area contributed by atoms with Crippen molar-refractivity contribution in [3.05, 3.63) is 11.6 Å². The van der Waals surface area contributed by atoms with Gasteiger partial charge < -0.3 is 19.3 Å². The molecule has 0 aromatic carbocycles. The zero-order valence-corrected chi connectivity index (χ0v) is 20.8. The highest BCUT2D eigenvalue weighted by molar-refractivity contribution is 5.85. The van der Waals surface area contributed by atoms with Crippen LogP contribution in [0.25, 0.3) is 0 Å². The first-order valence-electron chi connectivity index (χ1n) is 12.9. The van der Waals surface area contributed by atoms with Gasteiger partial charge in [-0.25, -0.2) is 4.79 Å². The van der Waals surface area contributed by atoms with Gasteiger partial charge in [0.15, 0.2) is 0 Å². The van der Waals surface area contributed by atoms with E-state index in [1.807, 2.05) is 0 Å². The van der Waals surface area contributed by atoms with Crippen molar-refractivity contribution >= 4 is 17.9 Å². The second-order valence-corrected chi connectivity index (χ2v) is 12.0. The van der Waals surface area contributed by atoms with Crippen LogP contribution in [0.3, 0.4) is 0 Å². The fourth-order valence-electron chi connectivity index (χ4n) is 9.08. The summed E-state index contributed by atoms with van der Waals surface area (Å²) in [4.78, 5) is 35.4. The fourth-order valence-corrected chi connectivity index (χ4v) is 9.08. The molecule has 1 aliphatic heterocycles. The minimum atomic E-state index is -0.978. The minimum absolute atomic E-state index is 0.000108. The highest BCUT2D eigenvalue weighted by Crippen LogP contribution is 2.70. The molecule has 0 saturated heterocycles. The Bertz CT molecular complexity index is 926. The van der Waals surface area contributed by atoms with E-state index in [0.717, 1.165) is 50.5 Å². The molecule has 188 valence electrons. The van der Waals surface area contributed by atoms with Crippen molar-refractivity contribution in [3.8, 4) is 0 Å². The van der Waals surface area contributed by atoms with Gasteiger partial charge in [-0.3, -0.25) is 9.59 Å². The predicted octanol–water partition coefficient (Wildman–Crippen LogP) is 3.72. The summed E-state index contributed by atoms with van der Waals surface area (Å²) in [7, 11) is 0. The average Bonchev–Trinajstić information content (AvgIpc) is 3.25. The Morgan fingerprint density at radius 1 is 1.03 bits per heavy atom. The maximum absolute atomic E-state index is 12.5. The quantitative estimate of drug-likeness (QED) is 0.492. The summed E-state index contributed by atoms with van der Waals surface area (Å²) in [6.45, 7) is 7.61. The molecule has 5 rings (SSSR count). The first-order valence-corrected chi connectivity index (χ1v) is 12.9. The van der Waals surface area contributed by atoms with Crippen LogP contribution in [0.15, 0.2) is 11.6 Å². The highest BCUT2D eigenvalue weighted by atomic mass is 16.6. The van der Waals surface area contributed by atoms with Gasteiger partial charge in [-0.1, -0.05) is 13.8 Å². The number of aliphatic hydroxyl groups is 1. The summed E-state index contributed by atoms with van der Waals surface area (Å²) in [5, 5.41) is 12.5. The standard InChI is InChI=1S/C27H38O7/c1-15(28)33-19-7-9-25(3)18(12-19)5-6-21-20(25)8-10-26(4)24(17-11-23(30)32-14-17)22(34-16(2)29)13-27(21,26)31/h11,18-22,24,31H,5-10,12-14H2,1-4H3/t18-,19-,20-,21+,22+,24-,25-,26+,27+/m0/s1. The average molecular weight is 475 g/mol. The molecule has 9 atom stereocenters. The van der Waals surface area contributed by atoms with Crippen LogP contribution >= 0.6 is 0 Å². The van der Waals surface area contributed by atoms with Crippen molar-refractivity contribution in [2.45, 2.75) is 96.9 Å². The molecule has 0 aromatic heterocycles. The van der Waals surface area contributed by atoms with Gasteiger partial charge in [0.25, 0.3) is 0 Å². The molecule has 0 radical (unpaired) electrons. The van der Waals surface area contributed by atoms with E-state index in [0.29, 0.717) is 18.3 Å². The van der Waals surface area contributed by atoms with Gasteiger partial charge in [-0.2, -0.15) is 0 Å². The Morgan fingerprint density at radius 2 is 1.76 bits per heavy atom. The van der Waals surface area contributed by atoms with Crippen molar-refractivity contribution in [2.75, 3.05) is 6.61 Å². The van der Waals surface area contributed by atoms with E-state index in [1.165, 1.54) is 13.8 Å². The smallest absolute Gasteiger partial charge is 0.331 e. The number of fused-ring (bicyclic) bond motifs is 5. The SMILES string of the molecule is CC(=O)O[C@H]1CC[C@@]2(C)[C@@H](CC[C@@H]3[C@@H]2CC[C@]2(C)[C@@H](C4=CC(=O)OC4)[C@H](OC(C)=O)C[C@@]32O)C1. The van der Waals surface area contributed by atoms with E-state index in [4.69, 9.17) is 14.2 Å². The molecule has 34 heavy (non-hydrogen) atoms. The lowest BCUT2D eigenvalue weighted by Crippen LogP contribution is -2.62. The molecule has 4 saturated carbocycles. The minimum Gasteiger partial charge on any atom is -0.463 e. The number of carbonyl (C=O) groups excluding carboxylic acids is 3. The second kappa shape index (κ2) is 8.07. The van der Waals surface area contributed by atoms with E-state index in [-0.39, 0.29) is 47.9 Å².